The molecule has 5 nitrogen and oxygen atoms in total. The predicted molar refractivity (Wildman–Crippen MR) is 84.0 cm³/mol. The standard InChI is InChI=1S/C17H24N2O3/c1-18-8-14-9-19(10-15(18)12-22-11-14)17(20)7-13-4-3-5-16(6-13)21-2/h3-6,14-15H,7-12H2,1-2H3/t14-,15+/m1/s1. The summed E-state index contributed by atoms with van der Waals surface area (Å²) >= 11 is 0. The van der Waals surface area contributed by atoms with Gasteiger partial charge in [-0.05, 0) is 24.7 Å². The average Bonchev–Trinajstić information content (AvgIpc) is 2.76. The van der Waals surface area contributed by atoms with Gasteiger partial charge in [-0.3, -0.25) is 9.69 Å². The summed E-state index contributed by atoms with van der Waals surface area (Å²) in [5.74, 6) is 1.40. The van der Waals surface area contributed by atoms with Gasteiger partial charge in [0, 0.05) is 25.6 Å². The van der Waals surface area contributed by atoms with Crippen molar-refractivity contribution in [1.82, 2.24) is 9.80 Å². The molecular formula is C17H24N2O3. The molecule has 0 unspecified atom stereocenters. The van der Waals surface area contributed by atoms with Crippen LogP contribution in [0.1, 0.15) is 5.56 Å². The quantitative estimate of drug-likeness (QED) is 0.836. The zero-order chi connectivity index (χ0) is 15.5. The molecule has 1 amide bonds. The number of fused-ring (bicyclic) bond motifs is 3. The molecule has 0 radical (unpaired) electrons. The van der Waals surface area contributed by atoms with E-state index in [-0.39, 0.29) is 5.91 Å². The van der Waals surface area contributed by atoms with Crippen LogP contribution < -0.4 is 4.74 Å². The first-order valence-electron chi connectivity index (χ1n) is 7.84. The summed E-state index contributed by atoms with van der Waals surface area (Å²) in [4.78, 5) is 17.0. The Labute approximate surface area is 131 Å². The lowest BCUT2D eigenvalue weighted by molar-refractivity contribution is -0.132. The highest BCUT2D eigenvalue weighted by molar-refractivity contribution is 5.79. The number of likely N-dealkylation sites (N-methyl/N-ethyl adjacent to an activating group) is 1. The van der Waals surface area contributed by atoms with Gasteiger partial charge in [0.15, 0.2) is 0 Å². The Hall–Kier alpha value is -1.59. The summed E-state index contributed by atoms with van der Waals surface area (Å²) in [6.45, 7) is 4.03. The fourth-order valence-electron chi connectivity index (χ4n) is 3.32. The van der Waals surface area contributed by atoms with E-state index in [0.717, 1.165) is 44.2 Å². The number of hydrogen-bond acceptors (Lipinski definition) is 4. The molecule has 2 heterocycles. The number of nitrogens with zero attached hydrogens (tertiary/aromatic N) is 2. The van der Waals surface area contributed by atoms with Crippen LogP contribution in [0.25, 0.3) is 0 Å². The first kappa shape index (κ1) is 15.3. The Bertz CT molecular complexity index is 534. The smallest absolute Gasteiger partial charge is 0.227 e. The van der Waals surface area contributed by atoms with Gasteiger partial charge in [-0.1, -0.05) is 12.1 Å². The third kappa shape index (κ3) is 3.42. The van der Waals surface area contributed by atoms with Gasteiger partial charge in [0.2, 0.25) is 5.91 Å². The maximum absolute atomic E-state index is 12.7. The number of carbonyl (C=O) groups excluding carboxylic acids is 1. The Balaban J connectivity index is 1.69. The normalized spacial score (nSPS) is 25.6. The number of rotatable bonds is 3. The van der Waals surface area contributed by atoms with Crippen molar-refractivity contribution in [2.75, 3.05) is 47.0 Å². The van der Waals surface area contributed by atoms with E-state index in [2.05, 4.69) is 11.9 Å². The molecule has 2 atom stereocenters. The van der Waals surface area contributed by atoms with Crippen LogP contribution >= 0.6 is 0 Å². The van der Waals surface area contributed by atoms with Gasteiger partial charge in [0.1, 0.15) is 5.75 Å². The summed E-state index contributed by atoms with van der Waals surface area (Å²) in [5.41, 5.74) is 1.00. The van der Waals surface area contributed by atoms with Gasteiger partial charge < -0.3 is 14.4 Å². The molecule has 22 heavy (non-hydrogen) atoms. The first-order valence-corrected chi connectivity index (χ1v) is 7.84. The highest BCUT2D eigenvalue weighted by atomic mass is 16.5. The van der Waals surface area contributed by atoms with E-state index in [4.69, 9.17) is 9.47 Å². The number of carbonyl (C=O) groups is 1. The van der Waals surface area contributed by atoms with Crippen LogP contribution in [0, 0.1) is 5.92 Å². The van der Waals surface area contributed by atoms with Crippen LogP contribution in [0.4, 0.5) is 0 Å². The second-order valence-corrected chi connectivity index (χ2v) is 6.32. The average molecular weight is 304 g/mol. The summed E-state index contributed by atoms with van der Waals surface area (Å²) in [6, 6.07) is 8.05. The van der Waals surface area contributed by atoms with Gasteiger partial charge in [-0.15, -0.1) is 0 Å². The molecule has 2 bridgehead atoms. The lowest BCUT2D eigenvalue weighted by Gasteiger charge is -2.29. The zero-order valence-corrected chi connectivity index (χ0v) is 13.3. The van der Waals surface area contributed by atoms with E-state index < -0.39 is 0 Å². The minimum atomic E-state index is 0.195. The van der Waals surface area contributed by atoms with Crippen molar-refractivity contribution in [3.63, 3.8) is 0 Å². The third-order valence-corrected chi connectivity index (χ3v) is 4.59. The first-order chi connectivity index (χ1) is 10.7. The minimum Gasteiger partial charge on any atom is -0.497 e. The van der Waals surface area contributed by atoms with Crippen molar-refractivity contribution in [2.45, 2.75) is 12.5 Å². The van der Waals surface area contributed by atoms with Crippen LogP contribution in [0.15, 0.2) is 24.3 Å². The Morgan fingerprint density at radius 2 is 2.18 bits per heavy atom. The number of benzene rings is 1. The van der Waals surface area contributed by atoms with E-state index in [9.17, 15) is 4.79 Å². The molecule has 1 aromatic carbocycles. The number of methoxy groups -OCH3 is 1. The van der Waals surface area contributed by atoms with Crippen LogP contribution in [0.3, 0.4) is 0 Å². The highest BCUT2D eigenvalue weighted by Crippen LogP contribution is 2.20. The summed E-state index contributed by atoms with van der Waals surface area (Å²) in [6.07, 6.45) is 0.432. The molecule has 2 fully saturated rings. The summed E-state index contributed by atoms with van der Waals surface area (Å²) < 4.78 is 10.9. The fourth-order valence-corrected chi connectivity index (χ4v) is 3.32. The molecule has 0 saturated carbocycles. The summed E-state index contributed by atoms with van der Waals surface area (Å²) in [5, 5.41) is 0. The molecule has 0 aliphatic carbocycles. The van der Waals surface area contributed by atoms with Crippen LogP contribution in [0.2, 0.25) is 0 Å². The molecule has 120 valence electrons. The molecule has 2 aliphatic rings. The molecule has 5 heteroatoms. The van der Waals surface area contributed by atoms with E-state index >= 15 is 0 Å². The molecule has 2 aliphatic heterocycles. The molecule has 0 N–H and O–H groups in total. The number of ether oxygens (including phenoxy) is 2. The van der Waals surface area contributed by atoms with Crippen molar-refractivity contribution in [1.29, 1.82) is 0 Å². The Morgan fingerprint density at radius 3 is 3.00 bits per heavy atom. The van der Waals surface area contributed by atoms with E-state index in [1.807, 2.05) is 29.2 Å². The minimum absolute atomic E-state index is 0.195. The van der Waals surface area contributed by atoms with E-state index in [0.29, 0.717) is 18.4 Å². The highest BCUT2D eigenvalue weighted by Gasteiger charge is 2.33. The molecule has 1 aromatic rings. The SMILES string of the molecule is COc1cccc(CC(=O)N2C[C@@H]3COC[C@H](C2)N(C)C3)c1. The maximum Gasteiger partial charge on any atom is 0.227 e. The molecule has 2 saturated heterocycles. The van der Waals surface area contributed by atoms with Gasteiger partial charge in [0.05, 0.1) is 32.8 Å². The monoisotopic (exact) mass is 304 g/mol. The third-order valence-electron chi connectivity index (χ3n) is 4.59. The van der Waals surface area contributed by atoms with Crippen molar-refractivity contribution in [3.8, 4) is 5.75 Å². The Morgan fingerprint density at radius 1 is 1.32 bits per heavy atom. The summed E-state index contributed by atoms with van der Waals surface area (Å²) in [7, 11) is 3.77. The van der Waals surface area contributed by atoms with Crippen LogP contribution in [-0.2, 0) is 16.0 Å². The number of hydrogen-bond donors (Lipinski definition) is 0. The maximum atomic E-state index is 12.7. The van der Waals surface area contributed by atoms with Crippen molar-refractivity contribution < 1.29 is 14.3 Å². The lowest BCUT2D eigenvalue weighted by atomic mass is 10.1. The second-order valence-electron chi connectivity index (χ2n) is 6.32. The lowest BCUT2D eigenvalue weighted by Crippen LogP contribution is -2.45. The van der Waals surface area contributed by atoms with E-state index in [1.165, 1.54) is 0 Å². The van der Waals surface area contributed by atoms with Crippen LogP contribution in [-0.4, -0.2) is 68.8 Å². The van der Waals surface area contributed by atoms with Gasteiger partial charge >= 0.3 is 0 Å². The molecule has 3 rings (SSSR count). The van der Waals surface area contributed by atoms with Gasteiger partial charge in [0.25, 0.3) is 0 Å². The second kappa shape index (κ2) is 6.67. The van der Waals surface area contributed by atoms with Crippen molar-refractivity contribution >= 4 is 5.91 Å². The van der Waals surface area contributed by atoms with Crippen LogP contribution in [0.5, 0.6) is 5.75 Å². The fraction of sp³-hybridized carbons (Fsp3) is 0.588. The Kier molecular flexibility index (Phi) is 4.64. The number of amides is 1. The van der Waals surface area contributed by atoms with E-state index in [1.54, 1.807) is 7.11 Å². The predicted octanol–water partition coefficient (Wildman–Crippen LogP) is 1.03. The molecule has 0 spiro atoms. The van der Waals surface area contributed by atoms with Gasteiger partial charge in [-0.2, -0.15) is 0 Å². The van der Waals surface area contributed by atoms with Crippen molar-refractivity contribution in [2.24, 2.45) is 5.92 Å². The molecule has 0 aromatic heterocycles. The largest absolute Gasteiger partial charge is 0.497 e. The van der Waals surface area contributed by atoms with Crippen molar-refractivity contribution in [3.05, 3.63) is 29.8 Å². The molecular weight excluding hydrogens is 280 g/mol. The topological polar surface area (TPSA) is 42.0 Å². The van der Waals surface area contributed by atoms with Gasteiger partial charge in [-0.25, -0.2) is 0 Å². The zero-order valence-electron chi connectivity index (χ0n) is 13.3.